The van der Waals surface area contributed by atoms with Gasteiger partial charge >= 0.3 is 0 Å². The first-order valence-corrected chi connectivity index (χ1v) is 5.86. The van der Waals surface area contributed by atoms with E-state index in [4.69, 9.17) is 0 Å². The molecule has 0 radical (unpaired) electrons. The summed E-state index contributed by atoms with van der Waals surface area (Å²) >= 11 is 0. The smallest absolute Gasteiger partial charge is 0.276 e. The summed E-state index contributed by atoms with van der Waals surface area (Å²) in [4.78, 5) is 33.1. The van der Waals surface area contributed by atoms with E-state index in [0.29, 0.717) is 12.1 Å². The fraction of sp³-hybridized carbons (Fsp3) is 0.143. The Morgan fingerprint density at radius 2 is 2.05 bits per heavy atom. The van der Waals surface area contributed by atoms with E-state index in [-0.39, 0.29) is 12.1 Å². The molecule has 0 saturated heterocycles. The molecule has 1 rings (SSSR count). The maximum atomic E-state index is 11.5. The minimum atomic E-state index is -0.527. The minimum absolute atomic E-state index is 0.0901. The van der Waals surface area contributed by atoms with Crippen molar-refractivity contribution in [2.75, 3.05) is 6.54 Å². The SMILES string of the molecule is C=CCNC(=O)CC(=O)C=Cc1ccccc1[N+](=O)[O-]. The molecule has 20 heavy (non-hydrogen) atoms. The summed E-state index contributed by atoms with van der Waals surface area (Å²) in [6.07, 6.45) is 3.70. The quantitative estimate of drug-likeness (QED) is 0.270. The van der Waals surface area contributed by atoms with Crippen LogP contribution in [0.3, 0.4) is 0 Å². The van der Waals surface area contributed by atoms with Crippen LogP contribution in [0.4, 0.5) is 5.69 Å². The number of carbonyl (C=O) groups is 2. The van der Waals surface area contributed by atoms with E-state index in [9.17, 15) is 19.7 Å². The number of allylic oxidation sites excluding steroid dienone is 1. The minimum Gasteiger partial charge on any atom is -0.352 e. The van der Waals surface area contributed by atoms with Gasteiger partial charge < -0.3 is 5.32 Å². The Balaban J connectivity index is 2.68. The highest BCUT2D eigenvalue weighted by atomic mass is 16.6. The monoisotopic (exact) mass is 274 g/mol. The van der Waals surface area contributed by atoms with E-state index in [1.165, 1.54) is 24.3 Å². The molecule has 0 aromatic heterocycles. The van der Waals surface area contributed by atoms with Crippen LogP contribution in [0.2, 0.25) is 0 Å². The van der Waals surface area contributed by atoms with Crippen LogP contribution in [-0.4, -0.2) is 23.2 Å². The molecule has 6 heteroatoms. The molecule has 0 spiro atoms. The molecule has 0 aliphatic carbocycles. The predicted molar refractivity (Wildman–Crippen MR) is 75.0 cm³/mol. The van der Waals surface area contributed by atoms with Gasteiger partial charge in [-0.1, -0.05) is 18.2 Å². The highest BCUT2D eigenvalue weighted by Crippen LogP contribution is 2.18. The number of hydrogen-bond donors (Lipinski definition) is 1. The summed E-state index contributed by atoms with van der Waals surface area (Å²) in [5, 5.41) is 13.2. The molecule has 0 bridgehead atoms. The Bertz CT molecular complexity index is 564. The van der Waals surface area contributed by atoms with Crippen molar-refractivity contribution in [2.45, 2.75) is 6.42 Å². The number of nitrogens with one attached hydrogen (secondary N) is 1. The molecule has 1 amide bonds. The number of nitro benzene ring substituents is 1. The number of rotatable bonds is 7. The fourth-order valence-corrected chi connectivity index (χ4v) is 1.44. The number of nitrogens with zero attached hydrogens (tertiary/aromatic N) is 1. The van der Waals surface area contributed by atoms with Crippen LogP contribution >= 0.6 is 0 Å². The zero-order valence-corrected chi connectivity index (χ0v) is 10.7. The van der Waals surface area contributed by atoms with E-state index in [1.807, 2.05) is 0 Å². The third-order valence-electron chi connectivity index (χ3n) is 2.36. The van der Waals surface area contributed by atoms with Gasteiger partial charge in [0.1, 0.15) is 0 Å². The van der Waals surface area contributed by atoms with Crippen LogP contribution in [-0.2, 0) is 9.59 Å². The Morgan fingerprint density at radius 3 is 2.70 bits per heavy atom. The van der Waals surface area contributed by atoms with Crippen LogP contribution in [0.5, 0.6) is 0 Å². The molecule has 6 nitrogen and oxygen atoms in total. The summed E-state index contributed by atoms with van der Waals surface area (Å²) in [7, 11) is 0. The summed E-state index contributed by atoms with van der Waals surface area (Å²) in [6.45, 7) is 3.73. The third-order valence-corrected chi connectivity index (χ3v) is 2.36. The van der Waals surface area contributed by atoms with E-state index >= 15 is 0 Å². The predicted octanol–water partition coefficient (Wildman–Crippen LogP) is 1.87. The molecule has 0 heterocycles. The summed E-state index contributed by atoms with van der Waals surface area (Å²) in [5.74, 6) is -0.841. The van der Waals surface area contributed by atoms with Gasteiger partial charge in [0, 0.05) is 12.6 Å². The number of ketones is 1. The van der Waals surface area contributed by atoms with Gasteiger partial charge in [-0.15, -0.1) is 6.58 Å². The van der Waals surface area contributed by atoms with Crippen molar-refractivity contribution in [3.05, 3.63) is 58.7 Å². The third kappa shape index (κ3) is 4.85. The second kappa shape index (κ2) is 7.63. The van der Waals surface area contributed by atoms with E-state index in [0.717, 1.165) is 6.08 Å². The molecular weight excluding hydrogens is 260 g/mol. The lowest BCUT2D eigenvalue weighted by Crippen LogP contribution is -2.25. The number of carbonyl (C=O) groups excluding carboxylic acids is 2. The molecule has 104 valence electrons. The van der Waals surface area contributed by atoms with Crippen molar-refractivity contribution in [3.8, 4) is 0 Å². The summed E-state index contributed by atoms with van der Waals surface area (Å²) in [6, 6.07) is 6.05. The summed E-state index contributed by atoms with van der Waals surface area (Å²) in [5.41, 5.74) is 0.227. The highest BCUT2D eigenvalue weighted by molar-refractivity contribution is 6.05. The first-order valence-electron chi connectivity index (χ1n) is 5.86. The molecule has 0 unspecified atom stereocenters. The van der Waals surface area contributed by atoms with Crippen LogP contribution in [0.15, 0.2) is 43.0 Å². The fourth-order valence-electron chi connectivity index (χ4n) is 1.44. The largest absolute Gasteiger partial charge is 0.352 e. The highest BCUT2D eigenvalue weighted by Gasteiger charge is 2.10. The van der Waals surface area contributed by atoms with Gasteiger partial charge in [-0.2, -0.15) is 0 Å². The molecule has 0 atom stereocenters. The molecule has 0 aliphatic heterocycles. The van der Waals surface area contributed by atoms with Crippen molar-refractivity contribution in [3.63, 3.8) is 0 Å². The lowest BCUT2D eigenvalue weighted by atomic mass is 10.1. The molecule has 0 aliphatic rings. The van der Waals surface area contributed by atoms with Crippen molar-refractivity contribution >= 4 is 23.5 Å². The first-order chi connectivity index (χ1) is 9.54. The van der Waals surface area contributed by atoms with E-state index in [1.54, 1.807) is 12.1 Å². The topological polar surface area (TPSA) is 89.3 Å². The maximum absolute atomic E-state index is 11.5. The van der Waals surface area contributed by atoms with Crippen molar-refractivity contribution in [1.82, 2.24) is 5.32 Å². The lowest BCUT2D eigenvalue weighted by molar-refractivity contribution is -0.385. The summed E-state index contributed by atoms with van der Waals surface area (Å²) < 4.78 is 0. The number of para-hydroxylation sites is 1. The van der Waals surface area contributed by atoms with Crippen LogP contribution in [0.1, 0.15) is 12.0 Å². The zero-order chi connectivity index (χ0) is 15.0. The van der Waals surface area contributed by atoms with E-state index < -0.39 is 16.6 Å². The van der Waals surface area contributed by atoms with E-state index in [2.05, 4.69) is 11.9 Å². The number of nitro groups is 1. The van der Waals surface area contributed by atoms with Crippen molar-refractivity contribution in [1.29, 1.82) is 0 Å². The van der Waals surface area contributed by atoms with Crippen LogP contribution in [0, 0.1) is 10.1 Å². The Labute approximate surface area is 115 Å². The second-order valence-electron chi connectivity index (χ2n) is 3.89. The van der Waals surface area contributed by atoms with Gasteiger partial charge in [0.2, 0.25) is 5.91 Å². The Morgan fingerprint density at radius 1 is 1.35 bits per heavy atom. The lowest BCUT2D eigenvalue weighted by Gasteiger charge is -1.99. The molecule has 1 aromatic rings. The molecule has 0 saturated carbocycles. The Kier molecular flexibility index (Phi) is 5.83. The van der Waals surface area contributed by atoms with Gasteiger partial charge in [-0.05, 0) is 18.2 Å². The zero-order valence-electron chi connectivity index (χ0n) is 10.7. The standard InChI is InChI=1S/C14H14N2O4/c1-2-9-15-14(18)10-12(17)8-7-11-5-3-4-6-13(11)16(19)20/h2-8H,1,9-10H2,(H,15,18). The van der Waals surface area contributed by atoms with Crippen molar-refractivity contribution < 1.29 is 14.5 Å². The maximum Gasteiger partial charge on any atom is 0.276 e. The average molecular weight is 274 g/mol. The van der Waals surface area contributed by atoms with Gasteiger partial charge in [0.05, 0.1) is 16.9 Å². The molecule has 1 aromatic carbocycles. The van der Waals surface area contributed by atoms with Gasteiger partial charge in [0.25, 0.3) is 5.69 Å². The Hall–Kier alpha value is -2.76. The van der Waals surface area contributed by atoms with Crippen LogP contribution in [0.25, 0.3) is 6.08 Å². The van der Waals surface area contributed by atoms with Crippen LogP contribution < -0.4 is 5.32 Å². The molecular formula is C14H14N2O4. The number of hydrogen-bond acceptors (Lipinski definition) is 4. The van der Waals surface area contributed by atoms with Gasteiger partial charge in [-0.3, -0.25) is 19.7 Å². The van der Waals surface area contributed by atoms with Crippen molar-refractivity contribution in [2.24, 2.45) is 0 Å². The number of amides is 1. The van der Waals surface area contributed by atoms with Gasteiger partial charge in [-0.25, -0.2) is 0 Å². The average Bonchev–Trinajstić information content (AvgIpc) is 2.43. The van der Waals surface area contributed by atoms with Gasteiger partial charge in [0.15, 0.2) is 5.78 Å². The molecule has 0 fully saturated rings. The first kappa shape index (κ1) is 15.3. The normalized spacial score (nSPS) is 10.2. The molecule has 1 N–H and O–H groups in total. The number of benzene rings is 1. The second-order valence-corrected chi connectivity index (χ2v) is 3.89.